The number of carboxylic acid groups (broad SMARTS) is 1. The van der Waals surface area contributed by atoms with E-state index in [0.717, 1.165) is 6.42 Å². The van der Waals surface area contributed by atoms with Gasteiger partial charge >= 0.3 is 5.97 Å². The number of nitrogens with two attached hydrogens (primary N) is 1. The van der Waals surface area contributed by atoms with Gasteiger partial charge in [0, 0.05) is 6.54 Å². The second-order valence-electron chi connectivity index (χ2n) is 2.90. The van der Waals surface area contributed by atoms with Crippen molar-refractivity contribution in [3.05, 3.63) is 0 Å². The molecule has 0 aliphatic rings. The average Bonchev–Trinajstić information content (AvgIpc) is 1.97. The SMILES string of the molecule is CC(N)=NCCCC(C)C(=O)O. The summed E-state index contributed by atoms with van der Waals surface area (Å²) in [4.78, 5) is 14.3. The van der Waals surface area contributed by atoms with E-state index in [1.165, 1.54) is 0 Å². The van der Waals surface area contributed by atoms with Crippen LogP contribution < -0.4 is 5.73 Å². The fourth-order valence-corrected chi connectivity index (χ4v) is 0.776. The number of aliphatic carboxylic acids is 1. The minimum atomic E-state index is -0.747. The van der Waals surface area contributed by atoms with Gasteiger partial charge in [0.05, 0.1) is 11.8 Å². The molecular weight excluding hydrogens is 156 g/mol. The molecule has 0 bridgehead atoms. The highest BCUT2D eigenvalue weighted by Crippen LogP contribution is 2.04. The van der Waals surface area contributed by atoms with Crippen LogP contribution in [0, 0.1) is 5.92 Å². The molecule has 0 fully saturated rings. The number of aliphatic imine (C=N–C) groups is 1. The van der Waals surface area contributed by atoms with Crippen LogP contribution in [0.25, 0.3) is 0 Å². The molecule has 4 nitrogen and oxygen atoms in total. The van der Waals surface area contributed by atoms with Crippen molar-refractivity contribution in [3.63, 3.8) is 0 Å². The number of rotatable bonds is 5. The minimum Gasteiger partial charge on any atom is -0.481 e. The molecular formula is C8H16N2O2. The van der Waals surface area contributed by atoms with Gasteiger partial charge in [-0.25, -0.2) is 0 Å². The zero-order valence-corrected chi connectivity index (χ0v) is 7.58. The number of carbonyl (C=O) groups is 1. The molecule has 0 amide bonds. The van der Waals surface area contributed by atoms with Crippen molar-refractivity contribution in [2.75, 3.05) is 6.54 Å². The predicted molar refractivity (Wildman–Crippen MR) is 48.2 cm³/mol. The first-order valence-corrected chi connectivity index (χ1v) is 4.03. The molecule has 0 saturated heterocycles. The number of nitrogens with zero attached hydrogens (tertiary/aromatic N) is 1. The summed E-state index contributed by atoms with van der Waals surface area (Å²) in [6.07, 6.45) is 1.44. The van der Waals surface area contributed by atoms with Gasteiger partial charge in [-0.2, -0.15) is 0 Å². The Hall–Kier alpha value is -1.06. The van der Waals surface area contributed by atoms with E-state index in [1.807, 2.05) is 0 Å². The average molecular weight is 172 g/mol. The summed E-state index contributed by atoms with van der Waals surface area (Å²) in [5, 5.41) is 8.53. The molecule has 0 aliphatic heterocycles. The summed E-state index contributed by atoms with van der Waals surface area (Å²) >= 11 is 0. The molecule has 0 aromatic rings. The molecule has 0 radical (unpaired) electrons. The van der Waals surface area contributed by atoms with Crippen LogP contribution >= 0.6 is 0 Å². The van der Waals surface area contributed by atoms with Gasteiger partial charge in [0.1, 0.15) is 0 Å². The van der Waals surface area contributed by atoms with E-state index in [1.54, 1.807) is 13.8 Å². The van der Waals surface area contributed by atoms with Gasteiger partial charge in [-0.1, -0.05) is 6.92 Å². The summed E-state index contributed by atoms with van der Waals surface area (Å²) in [6.45, 7) is 4.04. The van der Waals surface area contributed by atoms with E-state index in [2.05, 4.69) is 4.99 Å². The summed E-state index contributed by atoms with van der Waals surface area (Å²) in [6, 6.07) is 0. The molecule has 0 saturated carbocycles. The third kappa shape index (κ3) is 5.70. The Morgan fingerprint density at radius 3 is 2.67 bits per heavy atom. The van der Waals surface area contributed by atoms with Crippen molar-refractivity contribution in [2.24, 2.45) is 16.6 Å². The molecule has 12 heavy (non-hydrogen) atoms. The Labute approximate surface area is 72.5 Å². The van der Waals surface area contributed by atoms with Gasteiger partial charge in [-0.3, -0.25) is 9.79 Å². The largest absolute Gasteiger partial charge is 0.481 e. The normalized spacial score (nSPS) is 14.3. The Morgan fingerprint density at radius 2 is 2.25 bits per heavy atom. The number of hydrogen-bond acceptors (Lipinski definition) is 2. The molecule has 0 aliphatic carbocycles. The van der Waals surface area contributed by atoms with Crippen LogP contribution in [0.4, 0.5) is 0 Å². The quantitative estimate of drug-likeness (QED) is 0.367. The summed E-state index contributed by atoms with van der Waals surface area (Å²) in [5.74, 6) is -0.472. The lowest BCUT2D eigenvalue weighted by Crippen LogP contribution is -2.10. The van der Waals surface area contributed by atoms with E-state index in [-0.39, 0.29) is 5.92 Å². The molecule has 4 heteroatoms. The van der Waals surface area contributed by atoms with E-state index in [9.17, 15) is 4.79 Å². The highest BCUT2D eigenvalue weighted by atomic mass is 16.4. The lowest BCUT2D eigenvalue weighted by molar-refractivity contribution is -0.141. The standard InChI is InChI=1S/C8H16N2O2/c1-6(8(11)12)4-3-5-10-7(2)9/h6H,3-5H2,1-2H3,(H2,9,10)(H,11,12). The third-order valence-electron chi connectivity index (χ3n) is 1.58. The first kappa shape index (κ1) is 10.9. The number of carboxylic acids is 1. The summed E-state index contributed by atoms with van der Waals surface area (Å²) in [5.41, 5.74) is 5.30. The number of amidine groups is 1. The maximum absolute atomic E-state index is 10.4. The van der Waals surface area contributed by atoms with Gasteiger partial charge in [0.15, 0.2) is 0 Å². The first-order chi connectivity index (χ1) is 5.54. The molecule has 0 aromatic heterocycles. The summed E-state index contributed by atoms with van der Waals surface area (Å²) in [7, 11) is 0. The van der Waals surface area contributed by atoms with Crippen LogP contribution in [0.2, 0.25) is 0 Å². The monoisotopic (exact) mass is 172 g/mol. The molecule has 0 rings (SSSR count). The highest BCUT2D eigenvalue weighted by Gasteiger charge is 2.08. The van der Waals surface area contributed by atoms with Crippen LogP contribution in [0.1, 0.15) is 26.7 Å². The van der Waals surface area contributed by atoms with Crippen LogP contribution in [-0.2, 0) is 4.79 Å². The van der Waals surface area contributed by atoms with E-state index >= 15 is 0 Å². The van der Waals surface area contributed by atoms with Crippen molar-refractivity contribution in [3.8, 4) is 0 Å². The Morgan fingerprint density at radius 1 is 1.67 bits per heavy atom. The molecule has 0 aromatic carbocycles. The second kappa shape index (κ2) is 5.57. The van der Waals surface area contributed by atoms with Gasteiger partial charge in [-0.15, -0.1) is 0 Å². The van der Waals surface area contributed by atoms with Crippen molar-refractivity contribution in [1.82, 2.24) is 0 Å². The van der Waals surface area contributed by atoms with Crippen LogP contribution in [-0.4, -0.2) is 23.5 Å². The van der Waals surface area contributed by atoms with Crippen LogP contribution in [0.3, 0.4) is 0 Å². The molecule has 1 unspecified atom stereocenters. The van der Waals surface area contributed by atoms with E-state index in [0.29, 0.717) is 18.8 Å². The van der Waals surface area contributed by atoms with Gasteiger partial charge < -0.3 is 10.8 Å². The smallest absolute Gasteiger partial charge is 0.306 e. The molecule has 0 spiro atoms. The zero-order valence-electron chi connectivity index (χ0n) is 7.58. The van der Waals surface area contributed by atoms with Gasteiger partial charge in [0.25, 0.3) is 0 Å². The topological polar surface area (TPSA) is 75.7 Å². The minimum absolute atomic E-state index is 0.279. The van der Waals surface area contributed by atoms with Crippen LogP contribution in [0.5, 0.6) is 0 Å². The van der Waals surface area contributed by atoms with Crippen LogP contribution in [0.15, 0.2) is 4.99 Å². The Balaban J connectivity index is 3.44. The second-order valence-corrected chi connectivity index (χ2v) is 2.90. The van der Waals surface area contributed by atoms with Crippen molar-refractivity contribution in [2.45, 2.75) is 26.7 Å². The van der Waals surface area contributed by atoms with Crippen molar-refractivity contribution >= 4 is 11.8 Å². The molecule has 1 atom stereocenters. The third-order valence-corrected chi connectivity index (χ3v) is 1.58. The van der Waals surface area contributed by atoms with E-state index < -0.39 is 5.97 Å². The van der Waals surface area contributed by atoms with Gasteiger partial charge in [0.2, 0.25) is 0 Å². The Kier molecular flexibility index (Phi) is 5.08. The fourth-order valence-electron chi connectivity index (χ4n) is 0.776. The maximum atomic E-state index is 10.4. The highest BCUT2D eigenvalue weighted by molar-refractivity contribution is 5.77. The van der Waals surface area contributed by atoms with Crippen molar-refractivity contribution < 1.29 is 9.90 Å². The lowest BCUT2D eigenvalue weighted by Gasteiger charge is -2.03. The summed E-state index contributed by atoms with van der Waals surface area (Å²) < 4.78 is 0. The predicted octanol–water partition coefficient (Wildman–Crippen LogP) is 0.864. The van der Waals surface area contributed by atoms with Crippen molar-refractivity contribution in [1.29, 1.82) is 0 Å². The van der Waals surface area contributed by atoms with E-state index in [4.69, 9.17) is 10.8 Å². The Bertz CT molecular complexity index is 174. The molecule has 70 valence electrons. The maximum Gasteiger partial charge on any atom is 0.306 e. The zero-order chi connectivity index (χ0) is 9.56. The lowest BCUT2D eigenvalue weighted by atomic mass is 10.1. The van der Waals surface area contributed by atoms with Gasteiger partial charge in [-0.05, 0) is 19.8 Å². The molecule has 3 N–H and O–H groups in total. The number of hydrogen-bond donors (Lipinski definition) is 2. The molecule has 0 heterocycles. The fraction of sp³-hybridized carbons (Fsp3) is 0.750. The first-order valence-electron chi connectivity index (χ1n) is 4.03.